The number of halogens is 2. The number of hydrogen-bond donors (Lipinski definition) is 1. The molecule has 0 spiro atoms. The van der Waals surface area contributed by atoms with E-state index in [2.05, 4.69) is 21.2 Å². The normalized spacial score (nSPS) is 10.2. The zero-order valence-electron chi connectivity index (χ0n) is 10.6. The third-order valence-corrected chi connectivity index (χ3v) is 3.36. The summed E-state index contributed by atoms with van der Waals surface area (Å²) < 4.78 is 14.1. The van der Waals surface area contributed by atoms with Crippen LogP contribution in [0.1, 0.15) is 27.6 Å². The molecule has 3 nitrogen and oxygen atoms in total. The van der Waals surface area contributed by atoms with E-state index >= 15 is 0 Å². The van der Waals surface area contributed by atoms with Crippen LogP contribution in [0.4, 0.5) is 10.1 Å². The van der Waals surface area contributed by atoms with E-state index in [1.807, 2.05) is 0 Å². The van der Waals surface area contributed by atoms with Crippen molar-refractivity contribution in [2.24, 2.45) is 0 Å². The van der Waals surface area contributed by atoms with Crippen molar-refractivity contribution in [2.75, 3.05) is 5.32 Å². The van der Waals surface area contributed by atoms with Gasteiger partial charge < -0.3 is 5.32 Å². The molecule has 2 aromatic carbocycles. The molecular formula is C15H11BrFNO2. The molecule has 1 N–H and O–H groups in total. The molecule has 2 rings (SSSR count). The van der Waals surface area contributed by atoms with Gasteiger partial charge in [0, 0.05) is 5.56 Å². The highest BCUT2D eigenvalue weighted by atomic mass is 79.9. The molecule has 0 saturated carbocycles. The first-order valence-electron chi connectivity index (χ1n) is 5.86. The minimum atomic E-state index is -0.634. The molecule has 0 unspecified atom stereocenters. The fraction of sp³-hybridized carbons (Fsp3) is 0.0667. The molecule has 0 aliphatic heterocycles. The second-order valence-corrected chi connectivity index (χ2v) is 5.01. The lowest BCUT2D eigenvalue weighted by Gasteiger charge is -2.10. The lowest BCUT2D eigenvalue weighted by molar-refractivity contribution is 0.101. The topological polar surface area (TPSA) is 46.2 Å². The highest BCUT2D eigenvalue weighted by Crippen LogP contribution is 2.21. The number of amides is 1. The number of rotatable bonds is 3. The van der Waals surface area contributed by atoms with Crippen LogP contribution >= 0.6 is 15.9 Å². The number of Topliss-reactive ketones (excluding diaryl/α,β-unsaturated/α-hetero) is 1. The SMILES string of the molecule is CC(=O)c1ccccc1NC(=O)c1cccc(Br)c1F. The lowest BCUT2D eigenvalue weighted by atomic mass is 10.1. The van der Waals surface area contributed by atoms with Crippen LogP contribution in [-0.4, -0.2) is 11.7 Å². The zero-order valence-corrected chi connectivity index (χ0v) is 12.2. The van der Waals surface area contributed by atoms with E-state index in [1.165, 1.54) is 19.1 Å². The summed E-state index contributed by atoms with van der Waals surface area (Å²) in [5.41, 5.74) is 0.665. The summed E-state index contributed by atoms with van der Waals surface area (Å²) in [6.45, 7) is 1.41. The van der Waals surface area contributed by atoms with Crippen LogP contribution < -0.4 is 5.32 Å². The minimum Gasteiger partial charge on any atom is -0.321 e. The highest BCUT2D eigenvalue weighted by Gasteiger charge is 2.16. The monoisotopic (exact) mass is 335 g/mol. The molecule has 0 aliphatic rings. The lowest BCUT2D eigenvalue weighted by Crippen LogP contribution is -2.16. The van der Waals surface area contributed by atoms with Crippen molar-refractivity contribution in [3.05, 3.63) is 63.9 Å². The van der Waals surface area contributed by atoms with Crippen molar-refractivity contribution in [3.63, 3.8) is 0 Å². The van der Waals surface area contributed by atoms with Crippen molar-refractivity contribution < 1.29 is 14.0 Å². The van der Waals surface area contributed by atoms with Gasteiger partial charge in [-0.3, -0.25) is 9.59 Å². The Morgan fingerprint density at radius 2 is 1.70 bits per heavy atom. The molecule has 5 heteroatoms. The molecule has 1 amide bonds. The molecule has 0 aromatic heterocycles. The molecule has 0 fully saturated rings. The quantitative estimate of drug-likeness (QED) is 0.860. The predicted octanol–water partition coefficient (Wildman–Crippen LogP) is 4.04. The van der Waals surface area contributed by atoms with Crippen LogP contribution in [0.3, 0.4) is 0 Å². The van der Waals surface area contributed by atoms with Crippen molar-refractivity contribution in [2.45, 2.75) is 6.92 Å². The van der Waals surface area contributed by atoms with Gasteiger partial charge in [0.1, 0.15) is 5.82 Å². The Labute approximate surface area is 123 Å². The second kappa shape index (κ2) is 5.96. The first kappa shape index (κ1) is 14.4. The highest BCUT2D eigenvalue weighted by molar-refractivity contribution is 9.10. The van der Waals surface area contributed by atoms with Crippen LogP contribution in [0.25, 0.3) is 0 Å². The third kappa shape index (κ3) is 2.93. The van der Waals surface area contributed by atoms with Gasteiger partial charge in [0.2, 0.25) is 0 Å². The third-order valence-electron chi connectivity index (χ3n) is 2.75. The van der Waals surface area contributed by atoms with Gasteiger partial charge in [-0.1, -0.05) is 18.2 Å². The Kier molecular flexibility index (Phi) is 4.29. The van der Waals surface area contributed by atoms with Gasteiger partial charge >= 0.3 is 0 Å². The summed E-state index contributed by atoms with van der Waals surface area (Å²) >= 11 is 3.03. The standard InChI is InChI=1S/C15H11BrFNO2/c1-9(19)10-5-2-3-8-13(10)18-15(20)11-6-4-7-12(16)14(11)17/h2-8H,1H3,(H,18,20). The summed E-state index contributed by atoms with van der Waals surface area (Å²) in [6, 6.07) is 11.1. The van der Waals surface area contributed by atoms with Crippen molar-refractivity contribution in [1.82, 2.24) is 0 Å². The van der Waals surface area contributed by atoms with Crippen LogP contribution in [0, 0.1) is 5.82 Å². The van der Waals surface area contributed by atoms with Gasteiger partial charge in [0.25, 0.3) is 5.91 Å². The van der Waals surface area contributed by atoms with E-state index in [-0.39, 0.29) is 15.8 Å². The number of nitrogens with one attached hydrogen (secondary N) is 1. The maximum absolute atomic E-state index is 13.8. The van der Waals surface area contributed by atoms with Gasteiger partial charge in [-0.05, 0) is 47.1 Å². The van der Waals surface area contributed by atoms with Crippen LogP contribution in [0.5, 0.6) is 0 Å². The van der Waals surface area contributed by atoms with Gasteiger partial charge in [0.05, 0.1) is 15.7 Å². The van der Waals surface area contributed by atoms with Crippen molar-refractivity contribution >= 4 is 33.3 Å². The van der Waals surface area contributed by atoms with Gasteiger partial charge in [0.15, 0.2) is 5.78 Å². The zero-order chi connectivity index (χ0) is 14.7. The van der Waals surface area contributed by atoms with Crippen LogP contribution in [-0.2, 0) is 0 Å². The Morgan fingerprint density at radius 3 is 2.40 bits per heavy atom. The first-order chi connectivity index (χ1) is 9.50. The summed E-state index contributed by atoms with van der Waals surface area (Å²) in [6.07, 6.45) is 0. The molecule has 0 bridgehead atoms. The molecular weight excluding hydrogens is 325 g/mol. The number of carbonyl (C=O) groups is 2. The number of anilines is 1. The molecule has 0 radical (unpaired) electrons. The fourth-order valence-electron chi connectivity index (χ4n) is 1.77. The molecule has 2 aromatic rings. The van der Waals surface area contributed by atoms with Crippen LogP contribution in [0.15, 0.2) is 46.9 Å². The van der Waals surface area contributed by atoms with Crippen molar-refractivity contribution in [3.8, 4) is 0 Å². The van der Waals surface area contributed by atoms with E-state index < -0.39 is 11.7 Å². The molecule has 0 heterocycles. The molecule has 0 aliphatic carbocycles. The van der Waals surface area contributed by atoms with Gasteiger partial charge in [-0.15, -0.1) is 0 Å². The summed E-state index contributed by atoms with van der Waals surface area (Å²) in [5, 5.41) is 2.56. The van der Waals surface area contributed by atoms with E-state index in [9.17, 15) is 14.0 Å². The van der Waals surface area contributed by atoms with E-state index in [0.717, 1.165) is 0 Å². The van der Waals surface area contributed by atoms with Crippen LogP contribution in [0.2, 0.25) is 0 Å². The van der Waals surface area contributed by atoms with E-state index in [0.29, 0.717) is 11.3 Å². The summed E-state index contributed by atoms with van der Waals surface area (Å²) in [5.74, 6) is -1.40. The summed E-state index contributed by atoms with van der Waals surface area (Å²) in [4.78, 5) is 23.6. The molecule has 0 atom stereocenters. The number of benzene rings is 2. The maximum Gasteiger partial charge on any atom is 0.258 e. The predicted molar refractivity (Wildman–Crippen MR) is 78.5 cm³/mol. The number of carbonyl (C=O) groups excluding carboxylic acids is 2. The Morgan fingerprint density at radius 1 is 1.05 bits per heavy atom. The number of hydrogen-bond acceptors (Lipinski definition) is 2. The molecule has 0 saturated heterocycles. The van der Waals surface area contributed by atoms with E-state index in [4.69, 9.17) is 0 Å². The van der Waals surface area contributed by atoms with Crippen molar-refractivity contribution in [1.29, 1.82) is 0 Å². The molecule has 20 heavy (non-hydrogen) atoms. The maximum atomic E-state index is 13.8. The average Bonchev–Trinajstić information content (AvgIpc) is 2.42. The Balaban J connectivity index is 2.33. The fourth-order valence-corrected chi connectivity index (χ4v) is 2.13. The van der Waals surface area contributed by atoms with E-state index in [1.54, 1.807) is 30.3 Å². The smallest absolute Gasteiger partial charge is 0.258 e. The molecule has 102 valence electrons. The number of ketones is 1. The Hall–Kier alpha value is -2.01. The Bertz CT molecular complexity index is 685. The summed E-state index contributed by atoms with van der Waals surface area (Å²) in [7, 11) is 0. The number of para-hydroxylation sites is 1. The minimum absolute atomic E-state index is 0.0854. The average molecular weight is 336 g/mol. The largest absolute Gasteiger partial charge is 0.321 e. The second-order valence-electron chi connectivity index (χ2n) is 4.16. The van der Waals surface area contributed by atoms with Gasteiger partial charge in [-0.2, -0.15) is 0 Å². The van der Waals surface area contributed by atoms with Gasteiger partial charge in [-0.25, -0.2) is 4.39 Å². The first-order valence-corrected chi connectivity index (χ1v) is 6.65.